The number of hydrogen-bond acceptors (Lipinski definition) is 0. The summed E-state index contributed by atoms with van der Waals surface area (Å²) >= 11 is 0. The first-order chi connectivity index (χ1) is 57.5. The van der Waals surface area contributed by atoms with E-state index in [2.05, 4.69) is 467 Å². The number of hydrogen-bond donors (Lipinski definition) is 0. The van der Waals surface area contributed by atoms with Gasteiger partial charge in [-0.3, -0.25) is 0 Å². The van der Waals surface area contributed by atoms with Gasteiger partial charge in [0.25, 0.3) is 0 Å². The van der Waals surface area contributed by atoms with Crippen molar-refractivity contribution in [3.63, 3.8) is 0 Å². The predicted octanol–water partition coefficient (Wildman–Crippen LogP) is 30.3. The third-order valence-corrected chi connectivity index (χ3v) is 23.6. The summed E-state index contributed by atoms with van der Waals surface area (Å²) in [6, 6.07) is 164. The summed E-state index contributed by atoms with van der Waals surface area (Å²) in [7, 11) is 0. The third-order valence-electron chi connectivity index (χ3n) is 23.6. The Morgan fingerprint density at radius 3 is 0.784 bits per heavy atom. The molecule has 0 atom stereocenters. The highest BCUT2D eigenvalue weighted by Gasteiger charge is 2.23. The molecule has 542 valence electrons. The Morgan fingerprint density at radius 1 is 0.121 bits per heavy atom. The van der Waals surface area contributed by atoms with Crippen molar-refractivity contribution < 1.29 is 0 Å². The zero-order chi connectivity index (χ0) is 76.6. The molecule has 0 spiro atoms. The van der Waals surface area contributed by atoms with Gasteiger partial charge in [-0.2, -0.15) is 0 Å². The first-order valence-corrected chi connectivity index (χ1v) is 39.9. The van der Waals surface area contributed by atoms with Gasteiger partial charge in [0.15, 0.2) is 0 Å². The van der Waals surface area contributed by atoms with Crippen molar-refractivity contribution in [2.24, 2.45) is 0 Å². The van der Waals surface area contributed by atoms with E-state index in [4.69, 9.17) is 0 Å². The quantitative estimate of drug-likeness (QED) is 0.116. The monoisotopic (exact) mass is 1470 g/mol. The topological polar surface area (TPSA) is 19.7 Å². The van der Waals surface area contributed by atoms with E-state index in [-0.39, 0.29) is 0 Å². The molecule has 0 saturated carbocycles. The number of para-hydroxylation sites is 6. The van der Waals surface area contributed by atoms with Crippen LogP contribution < -0.4 is 0 Å². The first kappa shape index (κ1) is 67.5. The van der Waals surface area contributed by atoms with Crippen LogP contribution in [0.15, 0.2) is 449 Å². The molecule has 0 aliphatic carbocycles. The van der Waals surface area contributed by atoms with Crippen molar-refractivity contribution in [3.05, 3.63) is 449 Å². The summed E-state index contributed by atoms with van der Waals surface area (Å²) in [6.45, 7) is 0. The maximum Gasteiger partial charge on any atom is 0.0547 e. The minimum Gasteiger partial charge on any atom is -0.309 e. The molecule has 19 aromatic carbocycles. The van der Waals surface area contributed by atoms with Crippen molar-refractivity contribution in [2.45, 2.75) is 0 Å². The molecule has 4 heterocycles. The smallest absolute Gasteiger partial charge is 0.0547 e. The number of aromatic nitrogens is 4. The lowest BCUT2D eigenvalue weighted by Gasteiger charge is -2.15. The average Bonchev–Trinajstić information content (AvgIpc) is 1.59. The summed E-state index contributed by atoms with van der Waals surface area (Å²) in [5.41, 5.74) is 33.3. The number of fused-ring (bicyclic) bond motifs is 13. The molecule has 4 aromatic heterocycles. The Balaban J connectivity index is 0.000000141. The van der Waals surface area contributed by atoms with Crippen LogP contribution in [0.4, 0.5) is 0 Å². The van der Waals surface area contributed by atoms with Crippen LogP contribution in [-0.4, -0.2) is 18.3 Å². The normalized spacial score (nSPS) is 11.6. The van der Waals surface area contributed by atoms with Crippen molar-refractivity contribution in [3.8, 4) is 112 Å². The van der Waals surface area contributed by atoms with E-state index in [1.807, 2.05) is 0 Å². The fourth-order valence-electron chi connectivity index (χ4n) is 18.1. The lowest BCUT2D eigenvalue weighted by Crippen LogP contribution is -1.97. The van der Waals surface area contributed by atoms with E-state index in [0.29, 0.717) is 0 Å². The van der Waals surface area contributed by atoms with Gasteiger partial charge >= 0.3 is 0 Å². The first-order valence-electron chi connectivity index (χ1n) is 39.9. The van der Waals surface area contributed by atoms with Crippen LogP contribution in [0.25, 0.3) is 210 Å². The Hall–Kier alpha value is -15.4. The van der Waals surface area contributed by atoms with Gasteiger partial charge in [-0.05, 0) is 192 Å². The highest BCUT2D eigenvalue weighted by atomic mass is 15.0. The van der Waals surface area contributed by atoms with Gasteiger partial charge < -0.3 is 18.3 Å². The fraction of sp³-hybridized carbons (Fsp3) is 0. The highest BCUT2D eigenvalue weighted by molar-refractivity contribution is 6.15. The fourth-order valence-corrected chi connectivity index (χ4v) is 18.1. The standard InChI is InChI=1S/C58H38N2.C54H36N2/c1-2-14-39(15-3-1)43-19-13-21-48(36-43)59-55-26-10-7-23-50(55)52-32-30-45(37-57(52)59)46-31-33-53-51-24-8-11-27-56(51)60(58(53)38-46)54-25-9-6-22-49(54)47-20-12-18-42(35-47)44-29-28-40-16-4-5-17-41(40)34-44;1-3-15-37(16-4-1)39-19-13-21-43(33-39)45-23-7-10-26-50(45)56-52-28-12-9-25-47(52)49-32-30-42(36-54(49)56)41-29-31-48-46-24-8-11-27-51(46)55(53(48)35-41)44-22-14-20-40(34-44)38-17-5-2-6-18-38/h1-38H;1-36H. The second-order valence-electron chi connectivity index (χ2n) is 30.3. The molecular weight excluding hydrogens is 1400 g/mol. The van der Waals surface area contributed by atoms with Crippen LogP contribution in [0.2, 0.25) is 0 Å². The van der Waals surface area contributed by atoms with Gasteiger partial charge in [0, 0.05) is 65.6 Å². The molecule has 23 aromatic rings. The summed E-state index contributed by atoms with van der Waals surface area (Å²) in [6.07, 6.45) is 0. The minimum atomic E-state index is 1.15. The van der Waals surface area contributed by atoms with Gasteiger partial charge in [-0.1, -0.05) is 346 Å². The summed E-state index contributed by atoms with van der Waals surface area (Å²) in [5, 5.41) is 12.5. The van der Waals surface area contributed by atoms with E-state index >= 15 is 0 Å². The van der Waals surface area contributed by atoms with Crippen LogP contribution in [0.3, 0.4) is 0 Å². The Labute approximate surface area is 672 Å². The van der Waals surface area contributed by atoms with Crippen molar-refractivity contribution >= 4 is 98.0 Å². The van der Waals surface area contributed by atoms with Gasteiger partial charge in [0.05, 0.1) is 55.5 Å². The number of rotatable bonds is 12. The summed E-state index contributed by atoms with van der Waals surface area (Å²) in [4.78, 5) is 0. The Morgan fingerprint density at radius 2 is 0.379 bits per heavy atom. The second-order valence-corrected chi connectivity index (χ2v) is 30.3. The largest absolute Gasteiger partial charge is 0.309 e. The molecule has 0 radical (unpaired) electrons. The molecule has 4 heteroatoms. The van der Waals surface area contributed by atoms with Crippen LogP contribution >= 0.6 is 0 Å². The van der Waals surface area contributed by atoms with Gasteiger partial charge in [0.1, 0.15) is 0 Å². The summed E-state index contributed by atoms with van der Waals surface area (Å²) < 4.78 is 9.79. The molecule has 4 nitrogen and oxygen atoms in total. The van der Waals surface area contributed by atoms with Crippen molar-refractivity contribution in [1.29, 1.82) is 0 Å². The van der Waals surface area contributed by atoms with Crippen LogP contribution in [0, 0.1) is 0 Å². The van der Waals surface area contributed by atoms with E-state index < -0.39 is 0 Å². The molecule has 0 N–H and O–H groups in total. The lowest BCUT2D eigenvalue weighted by atomic mass is 9.96. The molecule has 0 saturated heterocycles. The van der Waals surface area contributed by atoms with Gasteiger partial charge in [-0.25, -0.2) is 0 Å². The van der Waals surface area contributed by atoms with E-state index in [1.165, 1.54) is 187 Å². The number of benzene rings is 19. The van der Waals surface area contributed by atoms with Gasteiger partial charge in [-0.15, -0.1) is 0 Å². The van der Waals surface area contributed by atoms with E-state index in [0.717, 1.165) is 22.7 Å². The SMILES string of the molecule is c1ccc(-c2cccc(-c3ccccc3-n3c4ccccc4c4ccc(-c5ccc6c7ccccc7n(-c7cccc(-c8ccccc8)c7)c6c5)cc43)c2)cc1.c1ccc(-c2cccc(-n3c4ccccc4c4ccc(-c5ccc6c7ccccc7n(-c7ccccc7-c7cccc(-c8ccc9ccccc9c8)c7)c6c5)cc43)c2)cc1. The van der Waals surface area contributed by atoms with Gasteiger partial charge in [0.2, 0.25) is 0 Å². The molecule has 0 aliphatic heterocycles. The maximum atomic E-state index is 2.47. The highest BCUT2D eigenvalue weighted by Crippen LogP contribution is 2.45. The summed E-state index contributed by atoms with van der Waals surface area (Å²) in [5.74, 6) is 0. The molecule has 0 bridgehead atoms. The molecular formula is C112H74N4. The van der Waals surface area contributed by atoms with E-state index in [1.54, 1.807) is 0 Å². The zero-order valence-electron chi connectivity index (χ0n) is 63.5. The molecule has 0 fully saturated rings. The van der Waals surface area contributed by atoms with Crippen molar-refractivity contribution in [1.82, 2.24) is 18.3 Å². The molecule has 116 heavy (non-hydrogen) atoms. The Bertz CT molecular complexity index is 7760. The van der Waals surface area contributed by atoms with Crippen LogP contribution in [0.1, 0.15) is 0 Å². The third kappa shape index (κ3) is 11.8. The molecule has 0 unspecified atom stereocenters. The lowest BCUT2D eigenvalue weighted by molar-refractivity contribution is 1.18. The predicted molar refractivity (Wildman–Crippen MR) is 491 cm³/mol. The maximum absolute atomic E-state index is 2.47. The number of nitrogens with zero attached hydrogens (tertiary/aromatic N) is 4. The second kappa shape index (κ2) is 28.4. The molecule has 23 rings (SSSR count). The molecule has 0 amide bonds. The van der Waals surface area contributed by atoms with E-state index in [9.17, 15) is 0 Å². The van der Waals surface area contributed by atoms with Crippen molar-refractivity contribution in [2.75, 3.05) is 0 Å². The van der Waals surface area contributed by atoms with Crippen LogP contribution in [0.5, 0.6) is 0 Å². The van der Waals surface area contributed by atoms with Crippen LogP contribution in [-0.2, 0) is 0 Å². The Kier molecular flexibility index (Phi) is 16.6. The minimum absolute atomic E-state index is 1.15. The zero-order valence-corrected chi connectivity index (χ0v) is 63.5. The molecule has 0 aliphatic rings. The average molecular weight is 1480 g/mol.